The molecule has 12 heteroatoms. The van der Waals surface area contributed by atoms with Gasteiger partial charge in [0.2, 0.25) is 5.91 Å². The van der Waals surface area contributed by atoms with E-state index < -0.39 is 12.4 Å². The SMILES string of the molecule is O=C(CO)NC1CCN(Cc2ccc(-c3cc4nccc(Oc5ccc(NC(=O)NC6CC6)cc5F)c4s3)nc2)CC1. The molecule has 42 heavy (non-hydrogen) atoms. The number of aromatic nitrogens is 2. The molecule has 1 aromatic carbocycles. The van der Waals surface area contributed by atoms with Gasteiger partial charge in [-0.25, -0.2) is 9.18 Å². The van der Waals surface area contributed by atoms with Crippen molar-refractivity contribution in [3.8, 4) is 22.1 Å². The van der Waals surface area contributed by atoms with Gasteiger partial charge in [-0.15, -0.1) is 11.3 Å². The van der Waals surface area contributed by atoms with Crippen molar-refractivity contribution in [2.24, 2.45) is 0 Å². The summed E-state index contributed by atoms with van der Waals surface area (Å²) >= 11 is 1.47. The molecular formula is C30H31FN6O4S. The lowest BCUT2D eigenvalue weighted by Crippen LogP contribution is -2.45. The Morgan fingerprint density at radius 1 is 1.00 bits per heavy atom. The van der Waals surface area contributed by atoms with E-state index in [4.69, 9.17) is 9.84 Å². The molecule has 0 spiro atoms. The monoisotopic (exact) mass is 590 g/mol. The molecule has 1 saturated heterocycles. The smallest absolute Gasteiger partial charge is 0.319 e. The number of pyridine rings is 2. The number of aliphatic hydroxyl groups is 1. The Morgan fingerprint density at radius 3 is 2.52 bits per heavy atom. The van der Waals surface area contributed by atoms with E-state index in [1.54, 1.807) is 18.3 Å². The maximum atomic E-state index is 14.9. The Bertz CT molecular complexity index is 1580. The van der Waals surface area contributed by atoms with E-state index in [1.807, 2.05) is 18.3 Å². The lowest BCUT2D eigenvalue weighted by Gasteiger charge is -2.32. The maximum absolute atomic E-state index is 14.9. The Kier molecular flexibility index (Phi) is 8.27. The van der Waals surface area contributed by atoms with Crippen molar-refractivity contribution in [1.82, 2.24) is 25.5 Å². The third-order valence-electron chi connectivity index (χ3n) is 7.28. The molecule has 0 radical (unpaired) electrons. The second-order valence-electron chi connectivity index (χ2n) is 10.6. The van der Waals surface area contributed by atoms with Gasteiger partial charge in [0.25, 0.3) is 0 Å². The first-order valence-corrected chi connectivity index (χ1v) is 14.8. The number of halogens is 1. The van der Waals surface area contributed by atoms with Crippen LogP contribution in [0.4, 0.5) is 14.9 Å². The van der Waals surface area contributed by atoms with Crippen LogP contribution in [-0.4, -0.2) is 63.7 Å². The van der Waals surface area contributed by atoms with Crippen molar-refractivity contribution in [3.05, 3.63) is 66.2 Å². The number of urea groups is 1. The minimum Gasteiger partial charge on any atom is -0.453 e. The molecule has 10 nitrogen and oxygen atoms in total. The third kappa shape index (κ3) is 6.84. The van der Waals surface area contributed by atoms with Crippen LogP contribution in [-0.2, 0) is 11.3 Å². The molecule has 0 bridgehead atoms. The lowest BCUT2D eigenvalue weighted by molar-refractivity contribution is -0.124. The van der Waals surface area contributed by atoms with Crippen molar-refractivity contribution >= 4 is 39.2 Å². The minimum absolute atomic E-state index is 0.0490. The molecule has 3 aromatic heterocycles. The molecule has 0 atom stereocenters. The third-order valence-corrected chi connectivity index (χ3v) is 8.44. The second kappa shape index (κ2) is 12.4. The van der Waals surface area contributed by atoms with Gasteiger partial charge in [0.15, 0.2) is 11.6 Å². The first-order valence-electron chi connectivity index (χ1n) is 13.9. The van der Waals surface area contributed by atoms with E-state index in [0.717, 1.165) is 71.7 Å². The molecule has 1 saturated carbocycles. The fourth-order valence-electron chi connectivity index (χ4n) is 4.91. The van der Waals surface area contributed by atoms with Gasteiger partial charge in [0.05, 0.1) is 20.8 Å². The van der Waals surface area contributed by atoms with Gasteiger partial charge in [-0.2, -0.15) is 0 Å². The maximum Gasteiger partial charge on any atom is 0.319 e. The number of rotatable bonds is 9. The lowest BCUT2D eigenvalue weighted by atomic mass is 10.0. The number of anilines is 1. The highest BCUT2D eigenvalue weighted by atomic mass is 32.1. The van der Waals surface area contributed by atoms with Crippen LogP contribution in [0.25, 0.3) is 20.8 Å². The van der Waals surface area contributed by atoms with Crippen molar-refractivity contribution in [2.75, 3.05) is 25.0 Å². The topological polar surface area (TPSA) is 129 Å². The van der Waals surface area contributed by atoms with Crippen LogP contribution in [0.3, 0.4) is 0 Å². The summed E-state index contributed by atoms with van der Waals surface area (Å²) in [7, 11) is 0. The van der Waals surface area contributed by atoms with Gasteiger partial charge in [0.1, 0.15) is 12.4 Å². The number of aliphatic hydroxyl groups excluding tert-OH is 1. The number of hydrogen-bond acceptors (Lipinski definition) is 8. The van der Waals surface area contributed by atoms with Crippen LogP contribution < -0.4 is 20.7 Å². The predicted molar refractivity (Wildman–Crippen MR) is 158 cm³/mol. The van der Waals surface area contributed by atoms with E-state index in [9.17, 15) is 14.0 Å². The highest BCUT2D eigenvalue weighted by Crippen LogP contribution is 2.39. The number of nitrogens with zero attached hydrogens (tertiary/aromatic N) is 3. The van der Waals surface area contributed by atoms with Gasteiger partial charge in [-0.05, 0) is 55.5 Å². The van der Waals surface area contributed by atoms with Crippen molar-refractivity contribution in [1.29, 1.82) is 0 Å². The summed E-state index contributed by atoms with van der Waals surface area (Å²) in [5, 5.41) is 17.2. The van der Waals surface area contributed by atoms with Crippen LogP contribution in [0.5, 0.6) is 11.5 Å². The van der Waals surface area contributed by atoms with Gasteiger partial charge in [-0.1, -0.05) is 6.07 Å². The van der Waals surface area contributed by atoms with Gasteiger partial charge < -0.3 is 25.8 Å². The number of carbonyl (C=O) groups excluding carboxylic acids is 2. The first-order chi connectivity index (χ1) is 20.4. The normalized spacial score (nSPS) is 15.9. The quantitative estimate of drug-likeness (QED) is 0.223. The van der Waals surface area contributed by atoms with E-state index in [0.29, 0.717) is 11.4 Å². The molecule has 4 N–H and O–H groups in total. The molecule has 3 amide bonds. The fourth-order valence-corrected chi connectivity index (χ4v) is 5.95. The molecule has 218 valence electrons. The van der Waals surface area contributed by atoms with E-state index in [-0.39, 0.29) is 29.8 Å². The summed E-state index contributed by atoms with van der Waals surface area (Å²) in [6, 6.07) is 12.0. The van der Waals surface area contributed by atoms with Crippen LogP contribution >= 0.6 is 11.3 Å². The van der Waals surface area contributed by atoms with Crippen molar-refractivity contribution in [3.63, 3.8) is 0 Å². The zero-order valence-corrected chi connectivity index (χ0v) is 23.6. The minimum atomic E-state index is -0.586. The Morgan fingerprint density at radius 2 is 1.81 bits per heavy atom. The summed E-state index contributed by atoms with van der Waals surface area (Å²) < 4.78 is 21.6. The second-order valence-corrected chi connectivity index (χ2v) is 11.6. The van der Waals surface area contributed by atoms with E-state index in [1.165, 1.54) is 23.5 Å². The van der Waals surface area contributed by atoms with Gasteiger partial charge in [-0.3, -0.25) is 19.7 Å². The molecular weight excluding hydrogens is 559 g/mol. The predicted octanol–water partition coefficient (Wildman–Crippen LogP) is 4.65. The number of ether oxygens (including phenoxy) is 1. The molecule has 6 rings (SSSR count). The zero-order chi connectivity index (χ0) is 29.1. The number of piperidine rings is 1. The fraction of sp³-hybridized carbons (Fsp3) is 0.333. The largest absolute Gasteiger partial charge is 0.453 e. The molecule has 1 aliphatic carbocycles. The van der Waals surface area contributed by atoms with Crippen LogP contribution in [0.1, 0.15) is 31.2 Å². The van der Waals surface area contributed by atoms with Crippen molar-refractivity contribution in [2.45, 2.75) is 44.3 Å². The molecule has 4 heterocycles. The van der Waals surface area contributed by atoms with E-state index >= 15 is 0 Å². The summed E-state index contributed by atoms with van der Waals surface area (Å²) in [5.74, 6) is -0.379. The summed E-state index contributed by atoms with van der Waals surface area (Å²) in [5.41, 5.74) is 2.98. The number of benzene rings is 1. The number of thiophene rings is 1. The number of fused-ring (bicyclic) bond motifs is 1. The highest BCUT2D eigenvalue weighted by molar-refractivity contribution is 7.22. The number of nitrogens with one attached hydrogen (secondary N) is 3. The molecule has 2 fully saturated rings. The zero-order valence-electron chi connectivity index (χ0n) is 22.8. The number of likely N-dealkylation sites (tertiary alicyclic amines) is 1. The van der Waals surface area contributed by atoms with Crippen molar-refractivity contribution < 1.29 is 23.8 Å². The average molecular weight is 591 g/mol. The molecule has 2 aliphatic rings. The van der Waals surface area contributed by atoms with Crippen LogP contribution in [0.15, 0.2) is 54.9 Å². The number of hydrogen-bond donors (Lipinski definition) is 4. The Hall–Kier alpha value is -4.13. The van der Waals surface area contributed by atoms with Gasteiger partial charge in [0, 0.05) is 61.9 Å². The summed E-state index contributed by atoms with van der Waals surface area (Å²) in [4.78, 5) is 35.8. The Balaban J connectivity index is 1.09. The number of amides is 3. The Labute approximate surface area is 245 Å². The molecule has 0 unspecified atom stereocenters. The van der Waals surface area contributed by atoms with Crippen LogP contribution in [0.2, 0.25) is 0 Å². The highest BCUT2D eigenvalue weighted by Gasteiger charge is 2.23. The molecule has 4 aromatic rings. The number of carbonyl (C=O) groups is 2. The summed E-state index contributed by atoms with van der Waals surface area (Å²) in [6.07, 6.45) is 7.13. The van der Waals surface area contributed by atoms with E-state index in [2.05, 4.69) is 36.9 Å². The standard InChI is InChI=1S/C30H31FN6O4S/c31-22-13-21(36-30(40)35-19-2-3-19)4-6-25(22)41-26-7-10-32-24-14-27(42-29(24)26)23-5-1-18(15-33-23)16-37-11-8-20(9-12-37)34-28(39)17-38/h1,4-7,10,13-15,19-20,38H,2-3,8-9,11-12,16-17H2,(H,34,39)(H2,35,36,40). The van der Waals surface area contributed by atoms with Crippen LogP contribution in [0, 0.1) is 5.82 Å². The van der Waals surface area contributed by atoms with Gasteiger partial charge >= 0.3 is 6.03 Å². The molecule has 1 aliphatic heterocycles. The first kappa shape index (κ1) is 28.0. The summed E-state index contributed by atoms with van der Waals surface area (Å²) in [6.45, 7) is 2.01. The average Bonchev–Trinajstić information content (AvgIpc) is 3.69.